The number of Topliss-reactive ketones (excluding diaryl/α,β-unsaturated/α-hetero) is 1. The van der Waals surface area contributed by atoms with E-state index < -0.39 is 5.54 Å². The average molecular weight is 258 g/mol. The van der Waals surface area contributed by atoms with Crippen molar-refractivity contribution in [2.45, 2.75) is 44.7 Å². The van der Waals surface area contributed by atoms with Crippen molar-refractivity contribution in [2.24, 2.45) is 5.92 Å². The van der Waals surface area contributed by atoms with Crippen molar-refractivity contribution < 1.29 is 9.59 Å². The number of nitrogens with zero attached hydrogens (tertiary/aromatic N) is 2. The molecule has 3 atom stereocenters. The Morgan fingerprint density at radius 1 is 1.37 bits per heavy atom. The Morgan fingerprint density at radius 2 is 2.16 bits per heavy atom. The lowest BCUT2D eigenvalue weighted by molar-refractivity contribution is -0.152. The van der Waals surface area contributed by atoms with Crippen LogP contribution in [0.1, 0.15) is 43.6 Å². The topological polar surface area (TPSA) is 50.3 Å². The maximum absolute atomic E-state index is 12.6. The molecule has 2 aliphatic rings. The second-order valence-corrected chi connectivity index (χ2v) is 5.88. The zero-order valence-electron chi connectivity index (χ0n) is 11.3. The molecule has 4 nitrogen and oxygen atoms in total. The molecule has 1 aromatic rings. The molecule has 1 aromatic heterocycles. The van der Waals surface area contributed by atoms with Gasteiger partial charge in [-0.3, -0.25) is 14.6 Å². The molecule has 1 aliphatic carbocycles. The van der Waals surface area contributed by atoms with Gasteiger partial charge in [0.05, 0.1) is 0 Å². The molecule has 2 fully saturated rings. The van der Waals surface area contributed by atoms with E-state index in [-0.39, 0.29) is 17.7 Å². The highest BCUT2D eigenvalue weighted by Gasteiger charge is 2.60. The van der Waals surface area contributed by atoms with Crippen LogP contribution in [0.25, 0.3) is 0 Å². The molecule has 0 spiro atoms. The lowest BCUT2D eigenvalue weighted by Crippen LogP contribution is -2.74. The number of piperidine rings is 1. The Morgan fingerprint density at radius 3 is 2.79 bits per heavy atom. The van der Waals surface area contributed by atoms with Crippen LogP contribution in [0.5, 0.6) is 0 Å². The van der Waals surface area contributed by atoms with Crippen molar-refractivity contribution in [2.75, 3.05) is 0 Å². The number of carbonyl (C=O) groups is 2. The lowest BCUT2D eigenvalue weighted by atomic mass is 9.62. The van der Waals surface area contributed by atoms with Gasteiger partial charge in [0.15, 0.2) is 5.78 Å². The van der Waals surface area contributed by atoms with Crippen LogP contribution in [-0.4, -0.2) is 33.2 Å². The Bertz CT molecular complexity index is 528. The molecule has 1 unspecified atom stereocenters. The molecular formula is C15H18N2O2. The van der Waals surface area contributed by atoms with Gasteiger partial charge in [-0.25, -0.2) is 0 Å². The van der Waals surface area contributed by atoms with Crippen LogP contribution in [0, 0.1) is 5.92 Å². The molecule has 0 radical (unpaired) electrons. The quantitative estimate of drug-likeness (QED) is 0.815. The molecular weight excluding hydrogens is 240 g/mol. The highest BCUT2D eigenvalue weighted by Crippen LogP contribution is 2.50. The zero-order chi connectivity index (χ0) is 13.6. The zero-order valence-corrected chi connectivity index (χ0v) is 11.3. The minimum absolute atomic E-state index is 0.0982. The van der Waals surface area contributed by atoms with E-state index in [1.165, 1.54) is 0 Å². The molecule has 4 heteroatoms. The summed E-state index contributed by atoms with van der Waals surface area (Å²) in [5, 5.41) is 0. The van der Waals surface area contributed by atoms with E-state index in [1.807, 2.05) is 0 Å². The van der Waals surface area contributed by atoms with Gasteiger partial charge in [0.2, 0.25) is 0 Å². The molecule has 100 valence electrons. The van der Waals surface area contributed by atoms with E-state index in [1.54, 1.807) is 36.2 Å². The second-order valence-electron chi connectivity index (χ2n) is 5.88. The Kier molecular flexibility index (Phi) is 2.69. The molecule has 1 saturated carbocycles. The number of ketones is 1. The fourth-order valence-corrected chi connectivity index (χ4v) is 3.74. The van der Waals surface area contributed by atoms with Gasteiger partial charge < -0.3 is 4.90 Å². The first-order valence-corrected chi connectivity index (χ1v) is 6.80. The first-order chi connectivity index (χ1) is 9.04. The number of pyridine rings is 1. The van der Waals surface area contributed by atoms with Crippen molar-refractivity contribution in [3.8, 4) is 0 Å². The van der Waals surface area contributed by atoms with E-state index >= 15 is 0 Å². The summed E-state index contributed by atoms with van der Waals surface area (Å²) in [7, 11) is 0. The Hall–Kier alpha value is -1.71. The van der Waals surface area contributed by atoms with Gasteiger partial charge in [-0.2, -0.15) is 0 Å². The number of likely N-dealkylation sites (tertiary alicyclic amines) is 1. The minimum Gasteiger partial charge on any atom is -0.321 e. The summed E-state index contributed by atoms with van der Waals surface area (Å²) in [6.07, 6.45) is 4.22. The minimum atomic E-state index is -0.559. The Labute approximate surface area is 112 Å². The summed E-state index contributed by atoms with van der Waals surface area (Å²) in [5.74, 6) is 0.522. The van der Waals surface area contributed by atoms with Gasteiger partial charge in [0.1, 0.15) is 11.2 Å². The molecule has 0 N–H and O–H groups in total. The number of hydrogen-bond donors (Lipinski definition) is 0. The monoisotopic (exact) mass is 258 g/mol. The van der Waals surface area contributed by atoms with Gasteiger partial charge in [0.25, 0.3) is 5.91 Å². The van der Waals surface area contributed by atoms with Gasteiger partial charge in [-0.1, -0.05) is 13.0 Å². The summed E-state index contributed by atoms with van der Waals surface area (Å²) in [4.78, 5) is 30.5. The molecule has 1 saturated heterocycles. The summed E-state index contributed by atoms with van der Waals surface area (Å²) in [6, 6.07) is 5.52. The number of amides is 1. The third-order valence-corrected chi connectivity index (χ3v) is 4.52. The van der Waals surface area contributed by atoms with Gasteiger partial charge in [0, 0.05) is 12.2 Å². The van der Waals surface area contributed by atoms with Gasteiger partial charge >= 0.3 is 0 Å². The number of carbonyl (C=O) groups excluding carboxylic acids is 2. The van der Waals surface area contributed by atoms with Crippen molar-refractivity contribution in [3.05, 3.63) is 30.1 Å². The van der Waals surface area contributed by atoms with Crippen molar-refractivity contribution in [1.82, 2.24) is 9.88 Å². The van der Waals surface area contributed by atoms with E-state index in [4.69, 9.17) is 0 Å². The number of rotatable bonds is 2. The number of fused-ring (bicyclic) bond motifs is 2. The fraction of sp³-hybridized carbons (Fsp3) is 0.533. The normalized spacial score (nSPS) is 32.6. The largest absolute Gasteiger partial charge is 0.321 e. The van der Waals surface area contributed by atoms with Crippen LogP contribution in [0.15, 0.2) is 24.4 Å². The summed E-state index contributed by atoms with van der Waals surface area (Å²) in [6.45, 7) is 3.76. The first kappa shape index (κ1) is 12.3. The molecule has 19 heavy (non-hydrogen) atoms. The summed E-state index contributed by atoms with van der Waals surface area (Å²) in [5.41, 5.74) is -0.121. The van der Waals surface area contributed by atoms with Crippen molar-refractivity contribution in [1.29, 1.82) is 0 Å². The molecule has 2 bridgehead atoms. The van der Waals surface area contributed by atoms with E-state index in [0.29, 0.717) is 11.6 Å². The Balaban J connectivity index is 1.93. The fourth-order valence-electron chi connectivity index (χ4n) is 3.74. The standard InChI is InChI=1S/C15H18N2O2/c1-10-7-12-9-15(8-10,11(2)18)17(12)14(19)13-5-3-4-6-16-13/h3-6,10,12H,7-9H2,1-2H3/t10-,12?,15+/m1/s1. The number of aromatic nitrogens is 1. The molecule has 2 heterocycles. The third-order valence-electron chi connectivity index (χ3n) is 4.52. The lowest BCUT2D eigenvalue weighted by Gasteiger charge is -2.62. The van der Waals surface area contributed by atoms with E-state index in [9.17, 15) is 9.59 Å². The predicted molar refractivity (Wildman–Crippen MR) is 70.6 cm³/mol. The van der Waals surface area contributed by atoms with E-state index in [2.05, 4.69) is 11.9 Å². The van der Waals surface area contributed by atoms with Crippen molar-refractivity contribution >= 4 is 11.7 Å². The van der Waals surface area contributed by atoms with Crippen LogP contribution >= 0.6 is 0 Å². The second kappa shape index (κ2) is 4.15. The predicted octanol–water partition coefficient (Wildman–Crippen LogP) is 2.05. The molecule has 3 rings (SSSR count). The smallest absolute Gasteiger partial charge is 0.273 e. The SMILES string of the molecule is CC(=O)[C@@]12CC(C[C@@H](C)C1)N2C(=O)c1ccccn1. The molecule has 1 amide bonds. The average Bonchev–Trinajstić information content (AvgIpc) is 2.38. The maximum atomic E-state index is 12.6. The van der Waals surface area contributed by atoms with Crippen LogP contribution in [0.2, 0.25) is 0 Å². The van der Waals surface area contributed by atoms with Gasteiger partial charge in [-0.15, -0.1) is 0 Å². The molecule has 1 aliphatic heterocycles. The van der Waals surface area contributed by atoms with Crippen molar-refractivity contribution in [3.63, 3.8) is 0 Å². The van der Waals surface area contributed by atoms with Gasteiger partial charge in [-0.05, 0) is 44.2 Å². The van der Waals surface area contributed by atoms with E-state index in [0.717, 1.165) is 19.3 Å². The first-order valence-electron chi connectivity index (χ1n) is 6.80. The highest BCUT2D eigenvalue weighted by molar-refractivity contribution is 6.00. The van der Waals surface area contributed by atoms with Crippen LogP contribution in [0.3, 0.4) is 0 Å². The third kappa shape index (κ3) is 1.70. The van der Waals surface area contributed by atoms with Crippen LogP contribution < -0.4 is 0 Å². The number of hydrogen-bond acceptors (Lipinski definition) is 3. The van der Waals surface area contributed by atoms with Crippen LogP contribution in [-0.2, 0) is 4.79 Å². The molecule has 0 aromatic carbocycles. The maximum Gasteiger partial charge on any atom is 0.273 e. The summed E-state index contributed by atoms with van der Waals surface area (Å²) < 4.78 is 0. The summed E-state index contributed by atoms with van der Waals surface area (Å²) >= 11 is 0. The van der Waals surface area contributed by atoms with Crippen LogP contribution in [0.4, 0.5) is 0 Å². The highest BCUT2D eigenvalue weighted by atomic mass is 16.2.